The molecule has 0 aromatic rings. The number of hydrogen-bond donors (Lipinski definition) is 4. The van der Waals surface area contributed by atoms with E-state index in [1.54, 1.807) is 0 Å². The molecule has 4 N–H and O–H groups in total. The van der Waals surface area contributed by atoms with Gasteiger partial charge < -0.3 is 20.4 Å². The first-order valence-corrected chi connectivity index (χ1v) is 32.6. The van der Waals surface area contributed by atoms with Gasteiger partial charge in [-0.2, -0.15) is 0 Å². The van der Waals surface area contributed by atoms with Crippen molar-refractivity contribution in [1.82, 2.24) is 9.80 Å². The molecule has 418 valence electrons. The minimum absolute atomic E-state index is 0.207. The monoisotopic (exact) mass is 1030 g/mol. The van der Waals surface area contributed by atoms with Gasteiger partial charge in [-0.1, -0.05) is 257 Å². The molecule has 4 unspecified atom stereocenters. The summed E-state index contributed by atoms with van der Waals surface area (Å²) in [6.07, 6.45) is 45.8. The third-order valence-corrected chi connectivity index (χ3v) is 16.3. The summed E-state index contributed by atoms with van der Waals surface area (Å²) in [4.78, 5) is 30.2. The number of nitrogens with zero attached hydrogens (tertiary/aromatic N) is 2. The number of aliphatic hydroxyl groups excluding tert-OH is 4. The number of carbonyl (C=O) groups is 2. The largest absolute Gasteiger partial charge is 0.392 e. The Morgan fingerprint density at radius 3 is 0.757 bits per heavy atom. The van der Waals surface area contributed by atoms with E-state index in [-0.39, 0.29) is 10.2 Å². The van der Waals surface area contributed by atoms with Gasteiger partial charge in [-0.25, -0.2) is 0 Å². The topological polar surface area (TPSA) is 122 Å². The lowest BCUT2D eigenvalue weighted by Crippen LogP contribution is -2.38. The molecule has 0 fully saturated rings. The van der Waals surface area contributed by atoms with Crippen molar-refractivity contribution in [2.75, 3.05) is 50.8 Å². The molecule has 70 heavy (non-hydrogen) atoms. The minimum Gasteiger partial charge on any atom is -0.392 e. The van der Waals surface area contributed by atoms with Crippen molar-refractivity contribution in [3.05, 3.63) is 0 Å². The third-order valence-electron chi connectivity index (χ3n) is 14.2. The highest BCUT2D eigenvalue weighted by molar-refractivity contribution is 8.13. The van der Waals surface area contributed by atoms with Crippen molar-refractivity contribution in [3.8, 4) is 0 Å². The molecule has 0 radical (unpaired) electrons. The molecule has 0 saturated heterocycles. The maximum absolute atomic E-state index is 12.9. The van der Waals surface area contributed by atoms with E-state index in [0.717, 1.165) is 88.6 Å². The summed E-state index contributed by atoms with van der Waals surface area (Å²) in [5.74, 6) is 1.53. The second kappa shape index (κ2) is 55.0. The standard InChI is InChI=1S/C60H120N2O6S2/c1-5-9-13-17-21-25-29-33-41-55(63)51-61(52-56(64)42-34-30-26-22-18-14-10-6-2)47-39-45-59(67)69-49-37-38-50-70-60(68)46-40-48-62(53-57(65)43-35-31-27-23-19-15-11-7-3)54-58(66)44-36-32-28-24-20-16-12-8-4/h55-58,63-66H,5-54H2,1-4H3. The predicted octanol–water partition coefficient (Wildman–Crippen LogP) is 16.0. The van der Waals surface area contributed by atoms with E-state index < -0.39 is 24.4 Å². The third kappa shape index (κ3) is 51.3. The Morgan fingerprint density at radius 1 is 0.314 bits per heavy atom. The fourth-order valence-electron chi connectivity index (χ4n) is 9.74. The van der Waals surface area contributed by atoms with E-state index in [2.05, 4.69) is 37.5 Å². The number of unbranched alkanes of at least 4 members (excludes halogenated alkanes) is 29. The van der Waals surface area contributed by atoms with Gasteiger partial charge in [0.2, 0.25) is 0 Å². The first kappa shape index (κ1) is 69.8. The van der Waals surface area contributed by atoms with Crippen LogP contribution in [0.15, 0.2) is 0 Å². The zero-order valence-corrected chi connectivity index (χ0v) is 48.6. The SMILES string of the molecule is CCCCCCCCCCC(O)CN(CCCC(=O)SCCCCSC(=O)CCCN(CC(O)CCCCCCCCCC)CC(O)CCCCCCCCCC)CC(O)CCCCCCCCCC. The van der Waals surface area contributed by atoms with E-state index in [0.29, 0.717) is 52.1 Å². The lowest BCUT2D eigenvalue weighted by Gasteiger charge is -2.27. The van der Waals surface area contributed by atoms with Crippen LogP contribution in [0.5, 0.6) is 0 Å². The van der Waals surface area contributed by atoms with Crippen LogP contribution in [0.25, 0.3) is 0 Å². The van der Waals surface area contributed by atoms with Crippen LogP contribution < -0.4 is 0 Å². The van der Waals surface area contributed by atoms with Crippen LogP contribution in [0, 0.1) is 0 Å². The second-order valence-corrected chi connectivity index (χ2v) is 23.8. The van der Waals surface area contributed by atoms with Gasteiger partial charge in [0.1, 0.15) is 0 Å². The van der Waals surface area contributed by atoms with Crippen LogP contribution in [-0.2, 0) is 9.59 Å². The molecule has 0 aliphatic rings. The molecule has 0 amide bonds. The van der Waals surface area contributed by atoms with E-state index in [1.807, 2.05) is 0 Å². The molecular formula is C60H120N2O6S2. The first-order valence-electron chi connectivity index (χ1n) is 30.6. The Labute approximate surface area is 444 Å². The van der Waals surface area contributed by atoms with Crippen LogP contribution in [-0.4, -0.2) is 116 Å². The summed E-state index contributed by atoms with van der Waals surface area (Å²) >= 11 is 2.82. The Kier molecular flexibility index (Phi) is 54.9. The van der Waals surface area contributed by atoms with Gasteiger partial charge in [0.15, 0.2) is 10.2 Å². The fraction of sp³-hybridized carbons (Fsp3) is 0.967. The number of hydrogen-bond acceptors (Lipinski definition) is 10. The van der Waals surface area contributed by atoms with E-state index in [1.165, 1.54) is 203 Å². The molecule has 0 spiro atoms. The van der Waals surface area contributed by atoms with Crippen molar-refractivity contribution in [2.45, 2.75) is 322 Å². The second-order valence-electron chi connectivity index (χ2n) is 21.5. The van der Waals surface area contributed by atoms with Gasteiger partial charge >= 0.3 is 0 Å². The van der Waals surface area contributed by atoms with Gasteiger partial charge in [0, 0.05) is 50.5 Å². The van der Waals surface area contributed by atoms with Gasteiger partial charge in [-0.15, -0.1) is 0 Å². The zero-order chi connectivity index (χ0) is 51.4. The van der Waals surface area contributed by atoms with E-state index in [4.69, 9.17) is 0 Å². The number of aliphatic hydroxyl groups is 4. The first-order chi connectivity index (χ1) is 34.1. The normalized spacial score (nSPS) is 13.7. The summed E-state index contributed by atoms with van der Waals surface area (Å²) in [6.45, 7) is 12.7. The lowest BCUT2D eigenvalue weighted by molar-refractivity contribution is -0.111. The fourth-order valence-corrected chi connectivity index (χ4v) is 11.5. The molecule has 0 heterocycles. The number of thioether (sulfide) groups is 2. The average Bonchev–Trinajstić information content (AvgIpc) is 3.33. The van der Waals surface area contributed by atoms with Crippen molar-refractivity contribution in [3.63, 3.8) is 0 Å². The van der Waals surface area contributed by atoms with Crippen LogP contribution in [0.1, 0.15) is 297 Å². The van der Waals surface area contributed by atoms with Crippen LogP contribution in [0.2, 0.25) is 0 Å². The van der Waals surface area contributed by atoms with Gasteiger partial charge in [-0.05, 0) is 64.5 Å². The van der Waals surface area contributed by atoms with Crippen LogP contribution >= 0.6 is 23.5 Å². The van der Waals surface area contributed by atoms with Crippen molar-refractivity contribution >= 4 is 33.8 Å². The summed E-state index contributed by atoms with van der Waals surface area (Å²) in [5, 5.41) is 44.3. The summed E-state index contributed by atoms with van der Waals surface area (Å²) in [6, 6.07) is 0. The minimum atomic E-state index is -0.401. The molecule has 0 saturated carbocycles. The molecular weight excluding hydrogens is 909 g/mol. The molecule has 8 nitrogen and oxygen atoms in total. The molecule has 0 aliphatic carbocycles. The van der Waals surface area contributed by atoms with Crippen molar-refractivity contribution in [1.29, 1.82) is 0 Å². The summed E-state index contributed by atoms with van der Waals surface area (Å²) in [5.41, 5.74) is 0. The van der Waals surface area contributed by atoms with Gasteiger partial charge in [-0.3, -0.25) is 19.4 Å². The highest BCUT2D eigenvalue weighted by Crippen LogP contribution is 2.19. The van der Waals surface area contributed by atoms with E-state index >= 15 is 0 Å². The highest BCUT2D eigenvalue weighted by Gasteiger charge is 2.18. The average molecular weight is 1030 g/mol. The van der Waals surface area contributed by atoms with Gasteiger partial charge in [0.25, 0.3) is 0 Å². The molecule has 0 aromatic heterocycles. The maximum atomic E-state index is 12.9. The molecule has 0 rings (SSSR count). The van der Waals surface area contributed by atoms with Crippen LogP contribution in [0.4, 0.5) is 0 Å². The quantitative estimate of drug-likeness (QED) is 0.0438. The molecule has 0 aliphatic heterocycles. The van der Waals surface area contributed by atoms with Crippen LogP contribution in [0.3, 0.4) is 0 Å². The van der Waals surface area contributed by atoms with Gasteiger partial charge in [0.05, 0.1) is 24.4 Å². The van der Waals surface area contributed by atoms with Crippen molar-refractivity contribution < 1.29 is 30.0 Å². The zero-order valence-electron chi connectivity index (χ0n) is 47.0. The Bertz CT molecular complexity index is 952. The summed E-state index contributed by atoms with van der Waals surface area (Å²) < 4.78 is 0. The maximum Gasteiger partial charge on any atom is 0.188 e. The predicted molar refractivity (Wildman–Crippen MR) is 308 cm³/mol. The Balaban J connectivity index is 4.66. The highest BCUT2D eigenvalue weighted by atomic mass is 32.2. The Morgan fingerprint density at radius 2 is 0.529 bits per heavy atom. The molecule has 10 heteroatoms. The molecule has 4 atom stereocenters. The molecule has 0 bridgehead atoms. The van der Waals surface area contributed by atoms with Crippen molar-refractivity contribution in [2.24, 2.45) is 0 Å². The lowest BCUT2D eigenvalue weighted by atomic mass is 10.0. The molecule has 0 aromatic carbocycles. The van der Waals surface area contributed by atoms with E-state index in [9.17, 15) is 30.0 Å². The smallest absolute Gasteiger partial charge is 0.188 e. The summed E-state index contributed by atoms with van der Waals surface area (Å²) in [7, 11) is 0. The number of carbonyl (C=O) groups excluding carboxylic acids is 2. The Hall–Kier alpha value is -0.200. The number of rotatable bonds is 57.